The second-order valence-corrected chi connectivity index (χ2v) is 12.3. The Balaban J connectivity index is 2.85. The SMILES string of the molecule is CC(C)CCCCOC(=O)OC1CC(OC(=O)OCCCCC(C)C)C(OC(=O)OCCCCC(C)C)CC1OC(=O)O. The maximum Gasteiger partial charge on any atom is 0.508 e. The molecule has 0 radical (unpaired) electrons. The van der Waals surface area contributed by atoms with Crippen LogP contribution in [-0.4, -0.2) is 74.0 Å². The van der Waals surface area contributed by atoms with Gasteiger partial charge in [0.25, 0.3) is 0 Å². The molecule has 4 atom stereocenters. The monoisotopic (exact) mass is 618 g/mol. The van der Waals surface area contributed by atoms with Gasteiger partial charge in [0.2, 0.25) is 0 Å². The molecular formula is C31H54O12. The van der Waals surface area contributed by atoms with Gasteiger partial charge >= 0.3 is 24.6 Å². The van der Waals surface area contributed by atoms with E-state index in [1.165, 1.54) is 0 Å². The fourth-order valence-electron chi connectivity index (χ4n) is 4.59. The normalized spacial score (nSPS) is 20.0. The maximum absolute atomic E-state index is 12.5. The van der Waals surface area contributed by atoms with E-state index < -0.39 is 49.0 Å². The first-order valence-electron chi connectivity index (χ1n) is 15.8. The third kappa shape index (κ3) is 19.1. The number of carboxylic acid groups (broad SMARTS) is 1. The zero-order chi connectivity index (χ0) is 32.2. The Morgan fingerprint density at radius 2 is 0.791 bits per heavy atom. The Kier molecular flexibility index (Phi) is 19.2. The number of ether oxygens (including phenoxy) is 7. The van der Waals surface area contributed by atoms with Gasteiger partial charge in [0, 0.05) is 12.8 Å². The highest BCUT2D eigenvalue weighted by Gasteiger charge is 2.46. The maximum atomic E-state index is 12.5. The quantitative estimate of drug-likeness (QED) is 0.0850. The summed E-state index contributed by atoms with van der Waals surface area (Å²) in [5, 5.41) is 9.29. The predicted octanol–water partition coefficient (Wildman–Crippen LogP) is 7.89. The molecule has 0 saturated heterocycles. The molecular weight excluding hydrogens is 564 g/mol. The van der Waals surface area contributed by atoms with Crippen LogP contribution >= 0.6 is 0 Å². The van der Waals surface area contributed by atoms with Crippen LogP contribution in [0.1, 0.15) is 112 Å². The van der Waals surface area contributed by atoms with Gasteiger partial charge < -0.3 is 38.3 Å². The van der Waals surface area contributed by atoms with Crippen LogP contribution in [0.3, 0.4) is 0 Å². The average Bonchev–Trinajstić information content (AvgIpc) is 2.89. The molecule has 0 amide bonds. The fourth-order valence-corrected chi connectivity index (χ4v) is 4.59. The van der Waals surface area contributed by atoms with Gasteiger partial charge in [-0.25, -0.2) is 19.2 Å². The third-order valence-corrected chi connectivity index (χ3v) is 6.94. The number of rotatable bonds is 19. The number of hydrogen-bond acceptors (Lipinski definition) is 11. The first kappa shape index (κ1) is 38.1. The summed E-state index contributed by atoms with van der Waals surface area (Å²) >= 11 is 0. The molecule has 0 heterocycles. The summed E-state index contributed by atoms with van der Waals surface area (Å²) in [5.74, 6) is 1.60. The zero-order valence-corrected chi connectivity index (χ0v) is 26.9. The van der Waals surface area contributed by atoms with Crippen LogP contribution in [0.15, 0.2) is 0 Å². The molecule has 0 aromatic carbocycles. The molecule has 1 N–H and O–H groups in total. The van der Waals surface area contributed by atoms with E-state index in [-0.39, 0.29) is 32.7 Å². The van der Waals surface area contributed by atoms with Crippen molar-refractivity contribution in [3.8, 4) is 0 Å². The smallest absolute Gasteiger partial charge is 0.450 e. The second kappa shape index (κ2) is 21.7. The van der Waals surface area contributed by atoms with E-state index in [4.69, 9.17) is 33.2 Å². The van der Waals surface area contributed by atoms with Gasteiger partial charge in [-0.2, -0.15) is 0 Å². The highest BCUT2D eigenvalue weighted by molar-refractivity contribution is 5.62. The first-order chi connectivity index (χ1) is 20.4. The lowest BCUT2D eigenvalue weighted by molar-refractivity contribution is -0.140. The van der Waals surface area contributed by atoms with Crippen LogP contribution < -0.4 is 0 Å². The summed E-state index contributed by atoms with van der Waals surface area (Å²) in [5.41, 5.74) is 0. The van der Waals surface area contributed by atoms with Gasteiger partial charge in [0.05, 0.1) is 19.8 Å². The van der Waals surface area contributed by atoms with Crippen LogP contribution in [0.4, 0.5) is 19.2 Å². The van der Waals surface area contributed by atoms with Crippen molar-refractivity contribution in [3.63, 3.8) is 0 Å². The summed E-state index contributed by atoms with van der Waals surface area (Å²) in [6.45, 7) is 13.1. The largest absolute Gasteiger partial charge is 0.508 e. The predicted molar refractivity (Wildman–Crippen MR) is 157 cm³/mol. The van der Waals surface area contributed by atoms with E-state index in [1.54, 1.807) is 0 Å². The van der Waals surface area contributed by atoms with Crippen molar-refractivity contribution in [2.24, 2.45) is 17.8 Å². The standard InChI is InChI=1S/C31H54O12/c1-21(2)13-7-10-16-37-29(34)41-25-20-27(43-31(36)39-18-12-9-15-23(5)6)26(19-24(25)40-28(32)33)42-30(35)38-17-11-8-14-22(3)4/h21-27H,7-20H2,1-6H3,(H,32,33). The van der Waals surface area contributed by atoms with Crippen molar-refractivity contribution in [3.05, 3.63) is 0 Å². The van der Waals surface area contributed by atoms with Gasteiger partial charge in [0.15, 0.2) is 0 Å². The van der Waals surface area contributed by atoms with Crippen LogP contribution in [0.2, 0.25) is 0 Å². The van der Waals surface area contributed by atoms with Crippen LogP contribution in [0.5, 0.6) is 0 Å². The fraction of sp³-hybridized carbons (Fsp3) is 0.871. The van der Waals surface area contributed by atoms with Gasteiger partial charge in [0.1, 0.15) is 24.4 Å². The molecule has 43 heavy (non-hydrogen) atoms. The number of unbranched alkanes of at least 4 members (excludes halogenated alkanes) is 3. The summed E-state index contributed by atoms with van der Waals surface area (Å²) in [7, 11) is 0. The van der Waals surface area contributed by atoms with Gasteiger partial charge in [-0.1, -0.05) is 60.8 Å². The van der Waals surface area contributed by atoms with Gasteiger partial charge in [-0.15, -0.1) is 0 Å². The Morgan fingerprint density at radius 1 is 0.512 bits per heavy atom. The molecule has 1 aliphatic rings. The number of carbonyl (C=O) groups is 4. The third-order valence-electron chi connectivity index (χ3n) is 6.94. The van der Waals surface area contributed by atoms with Crippen LogP contribution in [0, 0.1) is 17.8 Å². The Bertz CT molecular complexity index is 813. The number of hydrogen-bond donors (Lipinski definition) is 1. The highest BCUT2D eigenvalue weighted by Crippen LogP contribution is 2.30. The van der Waals surface area contributed by atoms with Crippen molar-refractivity contribution in [1.29, 1.82) is 0 Å². The van der Waals surface area contributed by atoms with E-state index >= 15 is 0 Å². The molecule has 250 valence electrons. The Morgan fingerprint density at radius 3 is 1.05 bits per heavy atom. The average molecular weight is 619 g/mol. The van der Waals surface area contributed by atoms with E-state index in [1.807, 2.05) is 0 Å². The molecule has 12 heteroatoms. The number of carbonyl (C=O) groups excluding carboxylic acids is 3. The van der Waals surface area contributed by atoms with E-state index in [9.17, 15) is 24.3 Å². The molecule has 0 aliphatic heterocycles. The van der Waals surface area contributed by atoms with Crippen LogP contribution in [-0.2, 0) is 33.2 Å². The highest BCUT2D eigenvalue weighted by atomic mass is 16.8. The molecule has 1 saturated carbocycles. The van der Waals surface area contributed by atoms with E-state index in [0.29, 0.717) is 37.0 Å². The minimum atomic E-state index is -1.60. The molecule has 1 aliphatic carbocycles. The molecule has 12 nitrogen and oxygen atoms in total. The summed E-state index contributed by atoms with van der Waals surface area (Å²) < 4.78 is 36.8. The van der Waals surface area contributed by atoms with E-state index in [2.05, 4.69) is 41.5 Å². The zero-order valence-electron chi connectivity index (χ0n) is 26.9. The molecule has 1 rings (SSSR count). The van der Waals surface area contributed by atoms with Crippen molar-refractivity contribution in [2.45, 2.75) is 137 Å². The van der Waals surface area contributed by atoms with Crippen molar-refractivity contribution >= 4 is 24.6 Å². The minimum Gasteiger partial charge on any atom is -0.450 e. The topological polar surface area (TPSA) is 153 Å². The molecule has 0 aromatic heterocycles. The van der Waals surface area contributed by atoms with Gasteiger partial charge in [-0.05, 0) is 56.3 Å². The van der Waals surface area contributed by atoms with Crippen molar-refractivity contribution in [2.75, 3.05) is 19.8 Å². The van der Waals surface area contributed by atoms with Crippen molar-refractivity contribution in [1.82, 2.24) is 0 Å². The lowest BCUT2D eigenvalue weighted by atomic mass is 9.89. The molecule has 4 unspecified atom stereocenters. The lowest BCUT2D eigenvalue weighted by Crippen LogP contribution is -2.51. The van der Waals surface area contributed by atoms with Crippen LogP contribution in [0.25, 0.3) is 0 Å². The summed E-state index contributed by atoms with van der Waals surface area (Å²) in [6, 6.07) is 0. The summed E-state index contributed by atoms with van der Waals surface area (Å²) in [6.07, 6.45) is -2.06. The summed E-state index contributed by atoms with van der Waals surface area (Å²) in [4.78, 5) is 48.8. The Hall–Kier alpha value is -2.92. The molecule has 0 bridgehead atoms. The lowest BCUT2D eigenvalue weighted by Gasteiger charge is -2.37. The Labute approximate surface area is 256 Å². The van der Waals surface area contributed by atoms with Crippen molar-refractivity contribution < 1.29 is 57.4 Å². The van der Waals surface area contributed by atoms with E-state index in [0.717, 1.165) is 38.5 Å². The minimum absolute atomic E-state index is 0.139. The second-order valence-electron chi connectivity index (χ2n) is 12.3. The first-order valence-corrected chi connectivity index (χ1v) is 15.8. The molecule has 0 spiro atoms. The molecule has 0 aromatic rings. The molecule has 1 fully saturated rings. The van der Waals surface area contributed by atoms with Gasteiger partial charge in [-0.3, -0.25) is 0 Å².